The molecule has 1 saturated heterocycles. The van der Waals surface area contributed by atoms with Gasteiger partial charge >= 0.3 is 0 Å². The lowest BCUT2D eigenvalue weighted by Crippen LogP contribution is -2.37. The Morgan fingerprint density at radius 2 is 2.26 bits per heavy atom. The molecule has 1 unspecified atom stereocenters. The summed E-state index contributed by atoms with van der Waals surface area (Å²) in [5, 5.41) is 3.58. The second-order valence-electron chi connectivity index (χ2n) is 5.65. The molecule has 3 rings (SSSR count). The number of hydrogen-bond donors (Lipinski definition) is 1. The molecule has 0 spiro atoms. The molecule has 1 atom stereocenters. The maximum atomic E-state index is 5.40. The zero-order valence-corrected chi connectivity index (χ0v) is 11.6. The average molecular weight is 260 g/mol. The molecule has 1 N–H and O–H groups in total. The van der Waals surface area contributed by atoms with Crippen LogP contribution in [-0.4, -0.2) is 39.4 Å². The van der Waals surface area contributed by atoms with Crippen molar-refractivity contribution in [1.29, 1.82) is 0 Å². The van der Waals surface area contributed by atoms with Gasteiger partial charge in [0.05, 0.1) is 6.61 Å². The lowest BCUT2D eigenvalue weighted by Gasteiger charge is -2.31. The Morgan fingerprint density at radius 3 is 3.16 bits per heavy atom. The van der Waals surface area contributed by atoms with Crippen molar-refractivity contribution in [1.82, 2.24) is 5.32 Å². The summed E-state index contributed by atoms with van der Waals surface area (Å²) in [6.45, 7) is 6.39. The highest BCUT2D eigenvalue weighted by Gasteiger charge is 2.17. The molecule has 0 amide bonds. The predicted molar refractivity (Wildman–Crippen MR) is 78.8 cm³/mol. The Hall–Kier alpha value is -1.06. The molecule has 0 radical (unpaired) electrons. The van der Waals surface area contributed by atoms with Crippen LogP contribution in [0.5, 0.6) is 0 Å². The van der Waals surface area contributed by atoms with Crippen molar-refractivity contribution < 1.29 is 4.74 Å². The number of ether oxygens (including phenoxy) is 1. The summed E-state index contributed by atoms with van der Waals surface area (Å²) in [4.78, 5) is 2.52. The molecule has 19 heavy (non-hydrogen) atoms. The lowest BCUT2D eigenvalue weighted by atomic mass is 10.0. The molecule has 3 heteroatoms. The van der Waals surface area contributed by atoms with Crippen molar-refractivity contribution >= 4 is 5.69 Å². The summed E-state index contributed by atoms with van der Waals surface area (Å²) in [6.07, 6.45) is 3.74. The molecule has 2 heterocycles. The number of benzene rings is 1. The molecule has 0 saturated carbocycles. The molecule has 0 bridgehead atoms. The Labute approximate surface area is 115 Å². The highest BCUT2D eigenvalue weighted by molar-refractivity contribution is 5.55. The van der Waals surface area contributed by atoms with Crippen molar-refractivity contribution in [2.24, 2.45) is 5.92 Å². The Morgan fingerprint density at radius 1 is 1.32 bits per heavy atom. The van der Waals surface area contributed by atoms with Gasteiger partial charge in [-0.3, -0.25) is 0 Å². The van der Waals surface area contributed by atoms with Gasteiger partial charge in [-0.05, 0) is 36.8 Å². The first-order valence-electron chi connectivity index (χ1n) is 7.55. The number of rotatable bonds is 5. The number of aryl methyl sites for hydroxylation is 1. The smallest absolute Gasteiger partial charge is 0.0507 e. The fraction of sp³-hybridized carbons (Fsp3) is 0.625. The summed E-state index contributed by atoms with van der Waals surface area (Å²) in [6, 6.07) is 8.84. The highest BCUT2D eigenvalue weighted by Crippen LogP contribution is 2.25. The minimum Gasteiger partial charge on any atom is -0.381 e. The van der Waals surface area contributed by atoms with Gasteiger partial charge in [-0.25, -0.2) is 0 Å². The van der Waals surface area contributed by atoms with Gasteiger partial charge in [0.1, 0.15) is 0 Å². The van der Waals surface area contributed by atoms with Gasteiger partial charge in [0, 0.05) is 38.5 Å². The molecule has 0 aliphatic carbocycles. The minimum absolute atomic E-state index is 0.730. The van der Waals surface area contributed by atoms with Crippen molar-refractivity contribution in [3.8, 4) is 0 Å². The minimum atomic E-state index is 0.730. The Bertz CT molecular complexity index is 401. The highest BCUT2D eigenvalue weighted by atomic mass is 16.5. The first-order valence-corrected chi connectivity index (χ1v) is 7.55. The summed E-state index contributed by atoms with van der Waals surface area (Å²) in [5.41, 5.74) is 2.96. The van der Waals surface area contributed by atoms with E-state index in [-0.39, 0.29) is 0 Å². The van der Waals surface area contributed by atoms with Gasteiger partial charge in [0.15, 0.2) is 0 Å². The van der Waals surface area contributed by atoms with Crippen molar-refractivity contribution in [2.75, 3.05) is 44.3 Å². The SMILES string of the molecule is c1ccc2c(c1)CCCN2CCNCC1CCOC1. The molecular formula is C16H24N2O. The van der Waals surface area contributed by atoms with Crippen LogP contribution in [0.4, 0.5) is 5.69 Å². The second-order valence-corrected chi connectivity index (χ2v) is 5.65. The zero-order chi connectivity index (χ0) is 12.9. The number of fused-ring (bicyclic) bond motifs is 1. The third-order valence-corrected chi connectivity index (χ3v) is 4.22. The molecule has 2 aliphatic heterocycles. The van der Waals surface area contributed by atoms with E-state index < -0.39 is 0 Å². The number of hydrogen-bond acceptors (Lipinski definition) is 3. The second kappa shape index (κ2) is 6.40. The fourth-order valence-electron chi connectivity index (χ4n) is 3.11. The molecule has 3 nitrogen and oxygen atoms in total. The summed E-state index contributed by atoms with van der Waals surface area (Å²) >= 11 is 0. The van der Waals surface area contributed by atoms with E-state index in [0.717, 1.165) is 38.8 Å². The molecular weight excluding hydrogens is 236 g/mol. The molecule has 1 fully saturated rings. The van der Waals surface area contributed by atoms with E-state index in [1.165, 1.54) is 37.1 Å². The van der Waals surface area contributed by atoms with Crippen molar-refractivity contribution in [3.05, 3.63) is 29.8 Å². The first kappa shape index (κ1) is 12.9. The number of para-hydroxylation sites is 1. The van der Waals surface area contributed by atoms with Crippen LogP contribution in [0.3, 0.4) is 0 Å². The van der Waals surface area contributed by atoms with E-state index in [0.29, 0.717) is 0 Å². The van der Waals surface area contributed by atoms with Crippen LogP contribution in [0.2, 0.25) is 0 Å². The van der Waals surface area contributed by atoms with Crippen LogP contribution in [-0.2, 0) is 11.2 Å². The monoisotopic (exact) mass is 260 g/mol. The molecule has 2 aliphatic rings. The number of nitrogens with zero attached hydrogens (tertiary/aromatic N) is 1. The van der Waals surface area contributed by atoms with E-state index in [1.807, 2.05) is 0 Å². The Kier molecular flexibility index (Phi) is 4.36. The van der Waals surface area contributed by atoms with E-state index in [2.05, 4.69) is 34.5 Å². The van der Waals surface area contributed by atoms with Crippen LogP contribution in [0.1, 0.15) is 18.4 Å². The maximum absolute atomic E-state index is 5.40. The van der Waals surface area contributed by atoms with Crippen molar-refractivity contribution in [3.63, 3.8) is 0 Å². The largest absolute Gasteiger partial charge is 0.381 e. The number of nitrogens with one attached hydrogen (secondary N) is 1. The number of anilines is 1. The van der Waals surface area contributed by atoms with Gasteiger partial charge < -0.3 is 15.0 Å². The Balaban J connectivity index is 1.45. The van der Waals surface area contributed by atoms with Gasteiger partial charge in [-0.15, -0.1) is 0 Å². The average Bonchev–Trinajstić information content (AvgIpc) is 2.97. The van der Waals surface area contributed by atoms with E-state index in [4.69, 9.17) is 4.74 Å². The van der Waals surface area contributed by atoms with Crippen LogP contribution >= 0.6 is 0 Å². The van der Waals surface area contributed by atoms with Crippen LogP contribution < -0.4 is 10.2 Å². The van der Waals surface area contributed by atoms with Gasteiger partial charge in [0.2, 0.25) is 0 Å². The van der Waals surface area contributed by atoms with Crippen LogP contribution in [0, 0.1) is 5.92 Å². The molecule has 1 aromatic rings. The van der Waals surface area contributed by atoms with Crippen molar-refractivity contribution in [2.45, 2.75) is 19.3 Å². The van der Waals surface area contributed by atoms with Gasteiger partial charge in [-0.2, -0.15) is 0 Å². The van der Waals surface area contributed by atoms with Gasteiger partial charge in [-0.1, -0.05) is 18.2 Å². The normalized spacial score (nSPS) is 22.5. The van der Waals surface area contributed by atoms with Crippen LogP contribution in [0.25, 0.3) is 0 Å². The fourth-order valence-corrected chi connectivity index (χ4v) is 3.11. The topological polar surface area (TPSA) is 24.5 Å². The van der Waals surface area contributed by atoms with Gasteiger partial charge in [0.25, 0.3) is 0 Å². The zero-order valence-electron chi connectivity index (χ0n) is 11.6. The molecule has 1 aromatic carbocycles. The summed E-state index contributed by atoms with van der Waals surface area (Å²) in [7, 11) is 0. The first-order chi connectivity index (χ1) is 9.43. The maximum Gasteiger partial charge on any atom is 0.0507 e. The third-order valence-electron chi connectivity index (χ3n) is 4.22. The quantitative estimate of drug-likeness (QED) is 0.820. The van der Waals surface area contributed by atoms with E-state index in [1.54, 1.807) is 0 Å². The van der Waals surface area contributed by atoms with E-state index in [9.17, 15) is 0 Å². The van der Waals surface area contributed by atoms with E-state index >= 15 is 0 Å². The predicted octanol–water partition coefficient (Wildman–Crippen LogP) is 2.07. The summed E-state index contributed by atoms with van der Waals surface area (Å²) < 4.78 is 5.40. The molecule has 0 aromatic heterocycles. The summed E-state index contributed by atoms with van der Waals surface area (Å²) in [5.74, 6) is 0.730. The molecule has 104 valence electrons. The lowest BCUT2D eigenvalue weighted by molar-refractivity contribution is 0.185. The van der Waals surface area contributed by atoms with Crippen LogP contribution in [0.15, 0.2) is 24.3 Å². The third kappa shape index (κ3) is 3.28. The standard InChI is InChI=1S/C16H24N2O/c1-2-6-16-15(4-1)5-3-9-18(16)10-8-17-12-14-7-11-19-13-14/h1-2,4,6,14,17H,3,5,7-13H2.